The minimum absolute atomic E-state index is 0.174. The number of pyridine rings is 3. The maximum Gasteiger partial charge on any atom is 0.280 e. The molecular weight excluding hydrogens is 582 g/mol. The molecular formula is C35H37N7O4. The highest BCUT2D eigenvalue weighted by Gasteiger charge is 2.36. The van der Waals surface area contributed by atoms with Gasteiger partial charge in [-0.2, -0.15) is 0 Å². The van der Waals surface area contributed by atoms with Gasteiger partial charge in [0.25, 0.3) is 11.1 Å². The molecule has 46 heavy (non-hydrogen) atoms. The summed E-state index contributed by atoms with van der Waals surface area (Å²) < 4.78 is 10.3. The van der Waals surface area contributed by atoms with E-state index in [-0.39, 0.29) is 23.1 Å². The summed E-state index contributed by atoms with van der Waals surface area (Å²) in [6, 6.07) is 10.1. The van der Waals surface area contributed by atoms with Crippen molar-refractivity contribution in [2.75, 3.05) is 31.6 Å². The largest absolute Gasteiger partial charge is 0.392 e. The molecule has 0 atom stereocenters. The maximum absolute atomic E-state index is 13.8. The molecule has 0 aromatic carbocycles. The molecule has 8 rings (SSSR count). The van der Waals surface area contributed by atoms with E-state index in [9.17, 15) is 14.7 Å². The fraction of sp³-hybridized carbons (Fsp3) is 0.371. The third-order valence-electron chi connectivity index (χ3n) is 9.83. The van der Waals surface area contributed by atoms with Crippen molar-refractivity contribution in [1.82, 2.24) is 28.4 Å². The Hall–Kier alpha value is -4.58. The van der Waals surface area contributed by atoms with Crippen molar-refractivity contribution in [2.24, 2.45) is 12.5 Å². The summed E-state index contributed by atoms with van der Waals surface area (Å²) in [6.45, 7) is 7.81. The van der Waals surface area contributed by atoms with Gasteiger partial charge in [0.1, 0.15) is 22.8 Å². The molecule has 5 aromatic heterocycles. The van der Waals surface area contributed by atoms with E-state index >= 15 is 0 Å². The minimum atomic E-state index is -0.344. The van der Waals surface area contributed by atoms with Gasteiger partial charge in [0, 0.05) is 73.9 Å². The zero-order chi connectivity index (χ0) is 31.7. The van der Waals surface area contributed by atoms with E-state index in [1.165, 1.54) is 26.0 Å². The van der Waals surface area contributed by atoms with Crippen molar-refractivity contribution in [1.29, 1.82) is 0 Å². The van der Waals surface area contributed by atoms with E-state index < -0.39 is 0 Å². The number of hydrogen-bond acceptors (Lipinski definition) is 8. The minimum Gasteiger partial charge on any atom is -0.392 e. The number of rotatable bonds is 7. The number of nitrogens with zero attached hydrogens (tertiary/aromatic N) is 6. The third kappa shape index (κ3) is 4.77. The van der Waals surface area contributed by atoms with Crippen LogP contribution in [-0.2, 0) is 31.2 Å². The zero-order valence-electron chi connectivity index (χ0n) is 26.2. The van der Waals surface area contributed by atoms with E-state index in [1.807, 2.05) is 28.9 Å². The maximum atomic E-state index is 13.8. The molecule has 2 fully saturated rings. The van der Waals surface area contributed by atoms with E-state index in [0.717, 1.165) is 39.1 Å². The summed E-state index contributed by atoms with van der Waals surface area (Å²) in [5.74, 6) is 1.38. The lowest BCUT2D eigenvalue weighted by Crippen LogP contribution is -2.58. The molecule has 1 aliphatic carbocycles. The second kappa shape index (κ2) is 10.8. The van der Waals surface area contributed by atoms with Crippen LogP contribution in [0.15, 0.2) is 70.9 Å². The van der Waals surface area contributed by atoms with Crippen molar-refractivity contribution in [3.8, 4) is 16.9 Å². The summed E-state index contributed by atoms with van der Waals surface area (Å²) in [4.78, 5) is 38.5. The molecule has 0 bridgehead atoms. The first-order valence-electron chi connectivity index (χ1n) is 15.8. The second-order valence-corrected chi connectivity index (χ2v) is 13.7. The first-order valence-corrected chi connectivity index (χ1v) is 15.8. The van der Waals surface area contributed by atoms with Crippen molar-refractivity contribution >= 4 is 17.0 Å². The van der Waals surface area contributed by atoms with Crippen LogP contribution in [0.1, 0.15) is 42.1 Å². The number of fused-ring (bicyclic) bond motifs is 3. The normalized spacial score (nSPS) is 18.0. The van der Waals surface area contributed by atoms with Gasteiger partial charge in [-0.3, -0.25) is 19.1 Å². The molecule has 3 aliphatic rings. The Morgan fingerprint density at radius 2 is 1.87 bits per heavy atom. The zero-order valence-corrected chi connectivity index (χ0v) is 26.2. The Labute approximate surface area is 265 Å². The highest BCUT2D eigenvalue weighted by molar-refractivity contribution is 5.73. The predicted molar refractivity (Wildman–Crippen MR) is 175 cm³/mol. The Bertz CT molecular complexity index is 2100. The standard InChI is InChI=1S/C35H37N7O4/c1-35(2)12-22-11-29-34(45)42(9-8-41(29)30(22)13-35)32-27(18-43)26(6-7-36-32)23-10-28(33(44)39(3)15-23)38-31-5-4-21(14-37-31)24-16-40(17-24)25-19-46-20-25/h4-11,14-15,24-25,43H,12-13,16-20H2,1-3H3,(H,37,38). The third-order valence-corrected chi connectivity index (χ3v) is 9.83. The van der Waals surface area contributed by atoms with Crippen molar-refractivity contribution in [3.05, 3.63) is 104 Å². The molecule has 7 heterocycles. The highest BCUT2D eigenvalue weighted by Crippen LogP contribution is 2.37. The SMILES string of the molecule is Cn1cc(-c2ccnc(-n3ccn4c5c(cc4c3=O)CC(C)(C)C5)c2CO)cc(Nc2ccc(C3CN(C4COC4)C3)cn2)c1=O. The molecule has 5 aromatic rings. The lowest BCUT2D eigenvalue weighted by atomic mass is 9.90. The first-order chi connectivity index (χ1) is 22.2. The molecule has 0 amide bonds. The van der Waals surface area contributed by atoms with E-state index in [2.05, 4.69) is 40.1 Å². The van der Waals surface area contributed by atoms with Crippen LogP contribution < -0.4 is 16.4 Å². The van der Waals surface area contributed by atoms with Crippen LogP contribution >= 0.6 is 0 Å². The number of ether oxygens (including phenoxy) is 1. The van der Waals surface area contributed by atoms with Crippen molar-refractivity contribution in [3.63, 3.8) is 0 Å². The molecule has 0 spiro atoms. The summed E-state index contributed by atoms with van der Waals surface area (Å²) in [7, 11) is 1.69. The average molecular weight is 620 g/mol. The lowest BCUT2D eigenvalue weighted by Gasteiger charge is -2.47. The average Bonchev–Trinajstić information content (AvgIpc) is 3.48. The Kier molecular flexibility index (Phi) is 6.75. The molecule has 2 aliphatic heterocycles. The van der Waals surface area contributed by atoms with E-state index in [4.69, 9.17) is 4.74 Å². The topological polar surface area (TPSA) is 119 Å². The molecule has 11 heteroatoms. The fourth-order valence-electron chi connectivity index (χ4n) is 7.21. The molecule has 0 radical (unpaired) electrons. The van der Waals surface area contributed by atoms with Gasteiger partial charge >= 0.3 is 0 Å². The van der Waals surface area contributed by atoms with Gasteiger partial charge in [-0.05, 0) is 59.2 Å². The predicted octanol–water partition coefficient (Wildman–Crippen LogP) is 3.40. The first kappa shape index (κ1) is 28.9. The van der Waals surface area contributed by atoms with E-state index in [0.29, 0.717) is 51.5 Å². The van der Waals surface area contributed by atoms with Crippen molar-refractivity contribution in [2.45, 2.75) is 45.3 Å². The quantitative estimate of drug-likeness (QED) is 0.285. The van der Waals surface area contributed by atoms with Crippen LogP contribution in [0, 0.1) is 5.41 Å². The summed E-state index contributed by atoms with van der Waals surface area (Å²) in [5, 5.41) is 13.8. The molecule has 11 nitrogen and oxygen atoms in total. The van der Waals surface area contributed by atoms with Crippen LogP contribution in [0.2, 0.25) is 0 Å². The number of hydrogen-bond donors (Lipinski definition) is 2. The van der Waals surface area contributed by atoms with Gasteiger partial charge < -0.3 is 24.1 Å². The number of aliphatic hydroxyl groups is 1. The Balaban J connectivity index is 1.09. The van der Waals surface area contributed by atoms with Crippen molar-refractivity contribution < 1.29 is 9.84 Å². The number of likely N-dealkylation sites (tertiary alicyclic amines) is 1. The van der Waals surface area contributed by atoms with E-state index in [1.54, 1.807) is 37.8 Å². The fourth-order valence-corrected chi connectivity index (χ4v) is 7.21. The van der Waals surface area contributed by atoms with Crippen LogP contribution in [0.3, 0.4) is 0 Å². The van der Waals surface area contributed by atoms with Gasteiger partial charge in [0.15, 0.2) is 0 Å². The second-order valence-electron chi connectivity index (χ2n) is 13.7. The van der Waals surface area contributed by atoms with Crippen LogP contribution in [0.4, 0.5) is 11.5 Å². The molecule has 236 valence electrons. The number of aliphatic hydroxyl groups excluding tert-OH is 1. The summed E-state index contributed by atoms with van der Waals surface area (Å²) in [5.41, 5.74) is 6.13. The monoisotopic (exact) mass is 619 g/mol. The van der Waals surface area contributed by atoms with Gasteiger partial charge in [-0.1, -0.05) is 19.9 Å². The number of aromatic nitrogens is 5. The van der Waals surface area contributed by atoms with Gasteiger partial charge in [0.2, 0.25) is 0 Å². The molecule has 2 N–H and O–H groups in total. The number of nitrogens with one attached hydrogen (secondary N) is 1. The molecule has 0 unspecified atom stereocenters. The van der Waals surface area contributed by atoms with Gasteiger partial charge in [-0.25, -0.2) is 9.97 Å². The van der Waals surface area contributed by atoms with Crippen LogP contribution in [0.5, 0.6) is 0 Å². The lowest BCUT2D eigenvalue weighted by molar-refractivity contribution is -0.0906. The molecule has 0 saturated carbocycles. The van der Waals surface area contributed by atoms with Gasteiger partial charge in [0.05, 0.1) is 25.9 Å². The van der Waals surface area contributed by atoms with Crippen LogP contribution in [0.25, 0.3) is 22.5 Å². The van der Waals surface area contributed by atoms with Gasteiger partial charge in [-0.15, -0.1) is 0 Å². The summed E-state index contributed by atoms with van der Waals surface area (Å²) >= 11 is 0. The summed E-state index contributed by atoms with van der Waals surface area (Å²) in [6.07, 6.45) is 10.7. The number of aryl methyl sites for hydroxylation is 1. The van der Waals surface area contributed by atoms with Crippen LogP contribution in [-0.4, -0.2) is 65.9 Å². The Morgan fingerprint density at radius 1 is 1.04 bits per heavy atom. The number of anilines is 2. The highest BCUT2D eigenvalue weighted by atomic mass is 16.5. The molecule has 2 saturated heterocycles. The Morgan fingerprint density at radius 3 is 2.59 bits per heavy atom. The smallest absolute Gasteiger partial charge is 0.280 e.